The molecule has 5 unspecified atom stereocenters. The number of ketones is 2. The number of nitrogens with zero attached hydrogens (tertiary/aromatic N) is 1. The molecule has 1 heterocycles. The molecule has 2 aliphatic rings. The number of hydrogen-bond acceptors (Lipinski definition) is 6. The van der Waals surface area contributed by atoms with Gasteiger partial charge in [-0.05, 0) is 36.0 Å². The lowest BCUT2D eigenvalue weighted by atomic mass is 9.85. The molecule has 1 saturated carbocycles. The van der Waals surface area contributed by atoms with Crippen LogP contribution < -0.4 is 21.7 Å². The van der Waals surface area contributed by atoms with Gasteiger partial charge in [0.05, 0.1) is 12.1 Å². The molecule has 5 N–H and O–H groups in total. The zero-order valence-electron chi connectivity index (χ0n) is 25.4. The summed E-state index contributed by atoms with van der Waals surface area (Å²) in [7, 11) is 0. The van der Waals surface area contributed by atoms with Crippen LogP contribution in [0.4, 0.5) is 4.79 Å². The minimum absolute atomic E-state index is 0.216. The molecule has 42 heavy (non-hydrogen) atoms. The van der Waals surface area contributed by atoms with Gasteiger partial charge in [0, 0.05) is 12.1 Å². The molecule has 230 valence electrons. The van der Waals surface area contributed by atoms with Crippen molar-refractivity contribution in [1.82, 2.24) is 20.9 Å². The topological polar surface area (TPSA) is 168 Å². The molecule has 1 aliphatic carbocycles. The molecule has 3 rings (SSSR count). The molecule has 1 saturated heterocycles. The van der Waals surface area contributed by atoms with Gasteiger partial charge >= 0.3 is 6.03 Å². The van der Waals surface area contributed by atoms with Crippen LogP contribution in [0.2, 0.25) is 0 Å². The third-order valence-corrected chi connectivity index (χ3v) is 8.08. The van der Waals surface area contributed by atoms with Gasteiger partial charge in [-0.15, -0.1) is 0 Å². The number of likely N-dealkylation sites (tertiary alicyclic amines) is 1. The van der Waals surface area contributed by atoms with Crippen molar-refractivity contribution in [3.8, 4) is 0 Å². The number of hydrogen-bond donors (Lipinski definition) is 4. The van der Waals surface area contributed by atoms with Crippen molar-refractivity contribution in [2.24, 2.45) is 28.9 Å². The number of Topliss-reactive ketones (excluding diaryl/α,β-unsaturated/α-hetero) is 2. The molecule has 11 heteroatoms. The van der Waals surface area contributed by atoms with E-state index in [0.717, 1.165) is 12.8 Å². The predicted molar refractivity (Wildman–Crippen MR) is 157 cm³/mol. The quantitative estimate of drug-likeness (QED) is 0.217. The van der Waals surface area contributed by atoms with E-state index in [1.165, 1.54) is 4.90 Å². The molecule has 5 atom stereocenters. The first kappa shape index (κ1) is 32.8. The van der Waals surface area contributed by atoms with Crippen LogP contribution in [-0.4, -0.2) is 70.9 Å². The van der Waals surface area contributed by atoms with Crippen molar-refractivity contribution >= 4 is 35.3 Å². The first-order chi connectivity index (χ1) is 19.6. The molecule has 2 fully saturated rings. The van der Waals surface area contributed by atoms with E-state index < -0.39 is 59.1 Å². The summed E-state index contributed by atoms with van der Waals surface area (Å²) in [6.07, 6.45) is 2.70. The number of carbonyl (C=O) groups is 6. The summed E-state index contributed by atoms with van der Waals surface area (Å²) in [6, 6.07) is 4.23. The Morgan fingerprint density at radius 3 is 2.10 bits per heavy atom. The molecule has 0 bridgehead atoms. The number of amides is 5. The molecule has 0 aromatic heterocycles. The minimum atomic E-state index is -1.11. The summed E-state index contributed by atoms with van der Waals surface area (Å²) in [5.74, 6) is -3.37. The summed E-state index contributed by atoms with van der Waals surface area (Å²) in [4.78, 5) is 79.3. The molecule has 0 spiro atoms. The van der Waals surface area contributed by atoms with Crippen LogP contribution in [0.3, 0.4) is 0 Å². The fourth-order valence-electron chi connectivity index (χ4n) is 5.39. The highest BCUT2D eigenvalue weighted by atomic mass is 16.2. The summed E-state index contributed by atoms with van der Waals surface area (Å²) in [5, 5.41) is 8.21. The molecule has 5 amide bonds. The lowest BCUT2D eigenvalue weighted by molar-refractivity contribution is -0.144. The van der Waals surface area contributed by atoms with E-state index >= 15 is 0 Å². The van der Waals surface area contributed by atoms with Crippen molar-refractivity contribution in [1.29, 1.82) is 0 Å². The number of nitrogens with one attached hydrogen (secondary N) is 3. The van der Waals surface area contributed by atoms with Crippen LogP contribution >= 0.6 is 0 Å². The minimum Gasteiger partial charge on any atom is -0.363 e. The van der Waals surface area contributed by atoms with Gasteiger partial charge in [-0.25, -0.2) is 4.79 Å². The van der Waals surface area contributed by atoms with E-state index in [9.17, 15) is 28.8 Å². The van der Waals surface area contributed by atoms with Gasteiger partial charge in [0.1, 0.15) is 12.1 Å². The number of primary amides is 1. The fraction of sp³-hybridized carbons (Fsp3) is 0.613. The highest BCUT2D eigenvalue weighted by Gasteiger charge is 2.46. The zero-order valence-corrected chi connectivity index (χ0v) is 25.4. The maximum atomic E-state index is 14.0. The number of carbonyl (C=O) groups excluding carboxylic acids is 6. The standard InChI is InChI=1S/C31H45N5O6/c1-17(2)22(24(37)20-10-8-7-9-11-20)34-30(42)35-26(31(4,5)6)29(41)36-15-14-18(3)23(36)28(40)33-21(16-19-12-13-19)25(38)27(32)39/h7-11,17-19,21-23,26H,12-16H2,1-6H3,(H2,32,39)(H,33,40)(H2,34,35,42). The van der Waals surface area contributed by atoms with E-state index in [1.807, 2.05) is 20.8 Å². The van der Waals surface area contributed by atoms with Crippen LogP contribution in [0.1, 0.15) is 77.6 Å². The average molecular weight is 584 g/mol. The maximum absolute atomic E-state index is 14.0. The highest BCUT2D eigenvalue weighted by Crippen LogP contribution is 2.34. The molecule has 0 radical (unpaired) electrons. The van der Waals surface area contributed by atoms with E-state index in [2.05, 4.69) is 16.0 Å². The number of nitrogens with two attached hydrogens (primary N) is 1. The lowest BCUT2D eigenvalue weighted by Gasteiger charge is -2.36. The largest absolute Gasteiger partial charge is 0.363 e. The van der Waals surface area contributed by atoms with Crippen LogP contribution in [0, 0.1) is 23.2 Å². The fourth-order valence-corrected chi connectivity index (χ4v) is 5.39. The molecule has 1 aromatic rings. The highest BCUT2D eigenvalue weighted by molar-refractivity contribution is 6.37. The lowest BCUT2D eigenvalue weighted by Crippen LogP contribution is -2.61. The molecule has 11 nitrogen and oxygen atoms in total. The van der Waals surface area contributed by atoms with Crippen molar-refractivity contribution in [2.45, 2.75) is 91.4 Å². The molecular formula is C31H45N5O6. The van der Waals surface area contributed by atoms with Gasteiger partial charge in [0.2, 0.25) is 17.6 Å². The third kappa shape index (κ3) is 8.17. The van der Waals surface area contributed by atoms with Gasteiger partial charge in [0.15, 0.2) is 5.78 Å². The monoisotopic (exact) mass is 583 g/mol. The Morgan fingerprint density at radius 2 is 1.57 bits per heavy atom. The number of benzene rings is 1. The Balaban J connectivity index is 1.77. The first-order valence-corrected chi connectivity index (χ1v) is 14.7. The van der Waals surface area contributed by atoms with Gasteiger partial charge in [0.25, 0.3) is 5.91 Å². The average Bonchev–Trinajstić information content (AvgIpc) is 3.66. The third-order valence-electron chi connectivity index (χ3n) is 8.08. The van der Waals surface area contributed by atoms with Crippen LogP contribution in [-0.2, 0) is 19.2 Å². The van der Waals surface area contributed by atoms with Gasteiger partial charge in [-0.3, -0.25) is 24.0 Å². The molecular weight excluding hydrogens is 538 g/mol. The SMILES string of the molecule is CC(C)C(NC(=O)NC(C(=O)N1CCC(C)C1C(=O)NC(CC1CC1)C(=O)C(N)=O)C(C)(C)C)C(=O)c1ccccc1. The van der Waals surface area contributed by atoms with Crippen molar-refractivity contribution in [2.75, 3.05) is 6.54 Å². The van der Waals surface area contributed by atoms with E-state index in [4.69, 9.17) is 5.73 Å². The first-order valence-electron chi connectivity index (χ1n) is 14.7. The summed E-state index contributed by atoms with van der Waals surface area (Å²) >= 11 is 0. The van der Waals surface area contributed by atoms with Crippen molar-refractivity contribution in [3.05, 3.63) is 35.9 Å². The Morgan fingerprint density at radius 1 is 0.952 bits per heavy atom. The van der Waals surface area contributed by atoms with Crippen LogP contribution in [0.15, 0.2) is 30.3 Å². The van der Waals surface area contributed by atoms with E-state index in [0.29, 0.717) is 18.4 Å². The van der Waals surface area contributed by atoms with Gasteiger partial charge in [-0.1, -0.05) is 84.7 Å². The summed E-state index contributed by atoms with van der Waals surface area (Å²) in [5.41, 5.74) is 4.96. The zero-order chi connectivity index (χ0) is 31.4. The van der Waals surface area contributed by atoms with E-state index in [1.54, 1.807) is 51.1 Å². The van der Waals surface area contributed by atoms with Gasteiger partial charge in [-0.2, -0.15) is 0 Å². The smallest absolute Gasteiger partial charge is 0.316 e. The normalized spacial score (nSPS) is 20.8. The maximum Gasteiger partial charge on any atom is 0.316 e. The van der Waals surface area contributed by atoms with Gasteiger partial charge < -0.3 is 26.6 Å². The Kier molecular flexibility index (Phi) is 10.5. The van der Waals surface area contributed by atoms with E-state index in [-0.39, 0.29) is 30.1 Å². The predicted octanol–water partition coefficient (Wildman–Crippen LogP) is 2.18. The summed E-state index contributed by atoms with van der Waals surface area (Å²) < 4.78 is 0. The second-order valence-electron chi connectivity index (χ2n) is 13.1. The molecule has 1 aromatic carbocycles. The Hall–Kier alpha value is -3.76. The second-order valence-corrected chi connectivity index (χ2v) is 13.1. The second kappa shape index (κ2) is 13.5. The number of rotatable bonds is 12. The van der Waals surface area contributed by atoms with Crippen LogP contribution in [0.5, 0.6) is 0 Å². The van der Waals surface area contributed by atoms with Crippen molar-refractivity contribution < 1.29 is 28.8 Å². The number of urea groups is 1. The van der Waals surface area contributed by atoms with Crippen LogP contribution in [0.25, 0.3) is 0 Å². The molecule has 1 aliphatic heterocycles. The van der Waals surface area contributed by atoms with Crippen molar-refractivity contribution in [3.63, 3.8) is 0 Å². The Labute approximate surface area is 247 Å². The Bertz CT molecular complexity index is 1190. The summed E-state index contributed by atoms with van der Waals surface area (Å²) in [6.45, 7) is 11.2.